The van der Waals surface area contributed by atoms with Gasteiger partial charge in [0, 0.05) is 12.6 Å². The topological polar surface area (TPSA) is 54.5 Å². The smallest absolute Gasteiger partial charge is 0.227 e. The quantitative estimate of drug-likeness (QED) is 0.827. The molecule has 4 nitrogen and oxygen atoms in total. The van der Waals surface area contributed by atoms with Crippen LogP contribution in [0.15, 0.2) is 59.5 Å². The first-order valence-electron chi connectivity index (χ1n) is 8.58. The molecule has 1 atom stereocenters. The third-order valence-corrected chi connectivity index (χ3v) is 6.46. The van der Waals surface area contributed by atoms with Crippen molar-refractivity contribution in [2.75, 3.05) is 12.3 Å². The van der Waals surface area contributed by atoms with Crippen LogP contribution in [0.5, 0.6) is 0 Å². The molecule has 0 spiro atoms. The lowest BCUT2D eigenvalue weighted by atomic mass is 10.1. The first kappa shape index (κ1) is 17.7. The SMILES string of the molecule is Cc1cccc(CC(=O)N2CCCC2CS(=O)(=O)c2ccccc2)c1. The molecule has 0 radical (unpaired) electrons. The van der Waals surface area contributed by atoms with E-state index in [9.17, 15) is 13.2 Å². The average Bonchev–Trinajstić information content (AvgIpc) is 3.03. The van der Waals surface area contributed by atoms with E-state index in [0.717, 1.165) is 24.0 Å². The third kappa shape index (κ3) is 4.28. The molecule has 1 unspecified atom stereocenters. The van der Waals surface area contributed by atoms with Crippen molar-refractivity contribution in [3.63, 3.8) is 0 Å². The maximum Gasteiger partial charge on any atom is 0.227 e. The summed E-state index contributed by atoms with van der Waals surface area (Å²) >= 11 is 0. The van der Waals surface area contributed by atoms with Gasteiger partial charge in [-0.3, -0.25) is 4.79 Å². The minimum absolute atomic E-state index is 0.00340. The normalized spacial score (nSPS) is 17.6. The molecule has 0 aromatic heterocycles. The summed E-state index contributed by atoms with van der Waals surface area (Å²) in [7, 11) is -3.38. The van der Waals surface area contributed by atoms with E-state index in [1.165, 1.54) is 0 Å². The zero-order valence-electron chi connectivity index (χ0n) is 14.4. The first-order chi connectivity index (χ1) is 12.0. The number of hydrogen-bond donors (Lipinski definition) is 0. The lowest BCUT2D eigenvalue weighted by molar-refractivity contribution is -0.130. The van der Waals surface area contributed by atoms with Crippen LogP contribution < -0.4 is 0 Å². The van der Waals surface area contributed by atoms with Gasteiger partial charge in [-0.15, -0.1) is 0 Å². The number of amides is 1. The summed E-state index contributed by atoms with van der Waals surface area (Å²) in [6.45, 7) is 2.64. The van der Waals surface area contributed by atoms with Crippen molar-refractivity contribution < 1.29 is 13.2 Å². The van der Waals surface area contributed by atoms with E-state index in [2.05, 4.69) is 0 Å². The van der Waals surface area contributed by atoms with E-state index in [1.54, 1.807) is 35.2 Å². The van der Waals surface area contributed by atoms with Crippen molar-refractivity contribution in [2.45, 2.75) is 37.1 Å². The number of likely N-dealkylation sites (tertiary alicyclic amines) is 1. The molecule has 1 aliphatic rings. The van der Waals surface area contributed by atoms with Crippen LogP contribution in [0.25, 0.3) is 0 Å². The van der Waals surface area contributed by atoms with Gasteiger partial charge in [-0.25, -0.2) is 8.42 Å². The fourth-order valence-corrected chi connectivity index (χ4v) is 5.03. The second kappa shape index (κ2) is 7.40. The summed E-state index contributed by atoms with van der Waals surface area (Å²) in [5.74, 6) is 0.00712. The summed E-state index contributed by atoms with van der Waals surface area (Å²) < 4.78 is 25.2. The lowest BCUT2D eigenvalue weighted by Gasteiger charge is -2.25. The maximum absolute atomic E-state index is 12.7. The van der Waals surface area contributed by atoms with E-state index in [4.69, 9.17) is 0 Å². The number of carbonyl (C=O) groups is 1. The van der Waals surface area contributed by atoms with Crippen molar-refractivity contribution in [3.05, 3.63) is 65.7 Å². The van der Waals surface area contributed by atoms with Gasteiger partial charge in [0.15, 0.2) is 9.84 Å². The molecule has 2 aromatic rings. The van der Waals surface area contributed by atoms with Crippen LogP contribution >= 0.6 is 0 Å². The summed E-state index contributed by atoms with van der Waals surface area (Å²) in [4.78, 5) is 14.8. The number of hydrogen-bond acceptors (Lipinski definition) is 3. The van der Waals surface area contributed by atoms with Gasteiger partial charge in [0.25, 0.3) is 0 Å². The zero-order chi connectivity index (χ0) is 17.9. The van der Waals surface area contributed by atoms with Gasteiger partial charge in [0.1, 0.15) is 0 Å². The van der Waals surface area contributed by atoms with E-state index in [-0.39, 0.29) is 17.7 Å². The molecule has 0 bridgehead atoms. The Hall–Kier alpha value is -2.14. The minimum atomic E-state index is -3.38. The summed E-state index contributed by atoms with van der Waals surface area (Å²) in [5, 5.41) is 0. The molecular formula is C20H23NO3S. The van der Waals surface area contributed by atoms with Crippen molar-refractivity contribution >= 4 is 15.7 Å². The lowest BCUT2D eigenvalue weighted by Crippen LogP contribution is -2.40. The van der Waals surface area contributed by atoms with Gasteiger partial charge >= 0.3 is 0 Å². The summed E-state index contributed by atoms with van der Waals surface area (Å²) in [6.07, 6.45) is 1.92. The highest BCUT2D eigenvalue weighted by Gasteiger charge is 2.32. The molecule has 1 amide bonds. The molecule has 1 fully saturated rings. The molecule has 1 heterocycles. The predicted octanol–water partition coefficient (Wildman–Crippen LogP) is 3.00. The van der Waals surface area contributed by atoms with Gasteiger partial charge in [-0.1, -0.05) is 48.0 Å². The molecule has 25 heavy (non-hydrogen) atoms. The Bertz CT molecular complexity index is 846. The Morgan fingerprint density at radius 3 is 2.60 bits per heavy atom. The highest BCUT2D eigenvalue weighted by Crippen LogP contribution is 2.23. The van der Waals surface area contributed by atoms with Crippen LogP contribution in [0.4, 0.5) is 0 Å². The minimum Gasteiger partial charge on any atom is -0.338 e. The van der Waals surface area contributed by atoms with Gasteiger partial charge in [-0.2, -0.15) is 0 Å². The van der Waals surface area contributed by atoms with E-state index >= 15 is 0 Å². The molecule has 1 saturated heterocycles. The maximum atomic E-state index is 12.7. The number of benzene rings is 2. The predicted molar refractivity (Wildman–Crippen MR) is 98.1 cm³/mol. The number of sulfone groups is 1. The van der Waals surface area contributed by atoms with Gasteiger partial charge in [-0.05, 0) is 37.5 Å². The van der Waals surface area contributed by atoms with Crippen LogP contribution in [0.2, 0.25) is 0 Å². The third-order valence-electron chi connectivity index (χ3n) is 4.65. The van der Waals surface area contributed by atoms with Crippen molar-refractivity contribution in [1.82, 2.24) is 4.90 Å². The van der Waals surface area contributed by atoms with Crippen molar-refractivity contribution in [3.8, 4) is 0 Å². The van der Waals surface area contributed by atoms with Crippen LogP contribution in [0.1, 0.15) is 24.0 Å². The molecule has 132 valence electrons. The fraction of sp³-hybridized carbons (Fsp3) is 0.350. The molecule has 0 saturated carbocycles. The highest BCUT2D eigenvalue weighted by atomic mass is 32.2. The number of aryl methyl sites for hydroxylation is 1. The molecule has 3 rings (SSSR count). The molecule has 2 aromatic carbocycles. The summed E-state index contributed by atoms with van der Waals surface area (Å²) in [6, 6.07) is 16.1. The van der Waals surface area contributed by atoms with Crippen LogP contribution in [-0.2, 0) is 21.1 Å². The van der Waals surface area contributed by atoms with Crippen molar-refractivity contribution in [1.29, 1.82) is 0 Å². The van der Waals surface area contributed by atoms with Gasteiger partial charge < -0.3 is 4.90 Å². The van der Waals surface area contributed by atoms with Crippen LogP contribution in [0, 0.1) is 6.92 Å². The Kier molecular flexibility index (Phi) is 5.23. The van der Waals surface area contributed by atoms with Gasteiger partial charge in [0.05, 0.1) is 17.1 Å². The molecule has 1 aliphatic heterocycles. The van der Waals surface area contributed by atoms with Crippen LogP contribution in [-0.4, -0.2) is 37.6 Å². The van der Waals surface area contributed by atoms with Crippen LogP contribution in [0.3, 0.4) is 0 Å². The Morgan fingerprint density at radius 1 is 1.12 bits per heavy atom. The second-order valence-corrected chi connectivity index (χ2v) is 8.68. The number of carbonyl (C=O) groups excluding carboxylic acids is 1. The zero-order valence-corrected chi connectivity index (χ0v) is 15.2. The van der Waals surface area contributed by atoms with Gasteiger partial charge in [0.2, 0.25) is 5.91 Å². The number of nitrogens with zero attached hydrogens (tertiary/aromatic N) is 1. The molecular weight excluding hydrogens is 334 g/mol. The first-order valence-corrected chi connectivity index (χ1v) is 10.2. The standard InChI is InChI=1S/C20H23NO3S/c1-16-7-5-8-17(13-16)14-20(22)21-12-6-9-18(21)15-25(23,24)19-10-3-2-4-11-19/h2-5,7-8,10-11,13,18H,6,9,12,14-15H2,1H3. The molecule has 0 aliphatic carbocycles. The largest absolute Gasteiger partial charge is 0.338 e. The second-order valence-electron chi connectivity index (χ2n) is 6.64. The van der Waals surface area contributed by atoms with Crippen molar-refractivity contribution in [2.24, 2.45) is 0 Å². The van der Waals surface area contributed by atoms with E-state index in [0.29, 0.717) is 17.9 Å². The van der Waals surface area contributed by atoms with E-state index < -0.39 is 9.84 Å². The fourth-order valence-electron chi connectivity index (χ4n) is 3.41. The molecule has 5 heteroatoms. The monoisotopic (exact) mass is 357 g/mol. The highest BCUT2D eigenvalue weighted by molar-refractivity contribution is 7.91. The number of rotatable bonds is 5. The Labute approximate surface area is 149 Å². The summed E-state index contributed by atoms with van der Waals surface area (Å²) in [5.41, 5.74) is 2.09. The average molecular weight is 357 g/mol. The molecule has 0 N–H and O–H groups in total. The Morgan fingerprint density at radius 2 is 1.88 bits per heavy atom. The Balaban J connectivity index is 1.71. The van der Waals surface area contributed by atoms with E-state index in [1.807, 2.05) is 31.2 Å².